The number of nitrogens with zero attached hydrogens (tertiary/aromatic N) is 2. The number of ether oxygens (including phenoxy) is 1. The topological polar surface area (TPSA) is 56.1 Å². The average molecular weight is 339 g/mol. The van der Waals surface area contributed by atoms with Gasteiger partial charge < -0.3 is 10.1 Å². The third-order valence-corrected chi connectivity index (χ3v) is 3.57. The first kappa shape index (κ1) is 16.9. The number of anilines is 1. The minimum absolute atomic E-state index is 0.277. The van der Waals surface area contributed by atoms with Crippen molar-refractivity contribution in [3.05, 3.63) is 77.9 Å². The summed E-state index contributed by atoms with van der Waals surface area (Å²) in [6, 6.07) is 15.0. The van der Waals surface area contributed by atoms with E-state index in [-0.39, 0.29) is 17.4 Å². The number of rotatable bonds is 6. The molecule has 1 heterocycles. The largest absolute Gasteiger partial charge is 0.377 e. The van der Waals surface area contributed by atoms with Crippen LogP contribution in [0.3, 0.4) is 0 Å². The lowest BCUT2D eigenvalue weighted by molar-refractivity contribution is 0.102. The van der Waals surface area contributed by atoms with Crippen LogP contribution in [0.2, 0.25) is 0 Å². The van der Waals surface area contributed by atoms with Crippen LogP contribution in [0.1, 0.15) is 23.0 Å². The van der Waals surface area contributed by atoms with Gasteiger partial charge >= 0.3 is 0 Å². The van der Waals surface area contributed by atoms with Gasteiger partial charge in [-0.15, -0.1) is 0 Å². The molecule has 0 saturated heterocycles. The van der Waals surface area contributed by atoms with Crippen molar-refractivity contribution in [3.8, 4) is 5.69 Å². The Balaban J connectivity index is 1.70. The van der Waals surface area contributed by atoms with E-state index < -0.39 is 0 Å². The number of nitrogens with one attached hydrogen (secondary N) is 1. The van der Waals surface area contributed by atoms with Crippen LogP contribution < -0.4 is 5.32 Å². The van der Waals surface area contributed by atoms with Crippen LogP contribution in [0.5, 0.6) is 0 Å². The van der Waals surface area contributed by atoms with Gasteiger partial charge in [-0.3, -0.25) is 4.79 Å². The van der Waals surface area contributed by atoms with Gasteiger partial charge in [0.25, 0.3) is 5.91 Å². The Labute approximate surface area is 145 Å². The van der Waals surface area contributed by atoms with E-state index in [0.29, 0.717) is 24.6 Å². The minimum atomic E-state index is -0.319. The lowest BCUT2D eigenvalue weighted by Crippen LogP contribution is -2.13. The van der Waals surface area contributed by atoms with Crippen molar-refractivity contribution < 1.29 is 13.9 Å². The summed E-state index contributed by atoms with van der Waals surface area (Å²) >= 11 is 0. The molecule has 0 fully saturated rings. The second-order valence-electron chi connectivity index (χ2n) is 5.41. The molecule has 0 spiro atoms. The van der Waals surface area contributed by atoms with Gasteiger partial charge in [-0.25, -0.2) is 9.07 Å². The van der Waals surface area contributed by atoms with E-state index in [1.807, 2.05) is 31.2 Å². The first-order chi connectivity index (χ1) is 12.2. The maximum Gasteiger partial charge on any atom is 0.276 e. The first-order valence-electron chi connectivity index (χ1n) is 7.95. The van der Waals surface area contributed by atoms with E-state index >= 15 is 0 Å². The zero-order valence-electron chi connectivity index (χ0n) is 13.8. The average Bonchev–Trinajstić information content (AvgIpc) is 3.11. The highest BCUT2D eigenvalue weighted by Crippen LogP contribution is 2.14. The molecule has 0 aliphatic heterocycles. The second-order valence-corrected chi connectivity index (χ2v) is 5.41. The van der Waals surface area contributed by atoms with E-state index in [0.717, 1.165) is 5.56 Å². The van der Waals surface area contributed by atoms with Gasteiger partial charge in [0.15, 0.2) is 5.69 Å². The summed E-state index contributed by atoms with van der Waals surface area (Å²) in [5.74, 6) is -0.629. The molecule has 0 atom stereocenters. The van der Waals surface area contributed by atoms with Crippen molar-refractivity contribution in [2.24, 2.45) is 0 Å². The van der Waals surface area contributed by atoms with E-state index in [9.17, 15) is 9.18 Å². The van der Waals surface area contributed by atoms with Crippen LogP contribution in [0.25, 0.3) is 5.69 Å². The fourth-order valence-electron chi connectivity index (χ4n) is 2.34. The molecule has 5 nitrogen and oxygen atoms in total. The number of aromatic nitrogens is 2. The Kier molecular flexibility index (Phi) is 5.20. The lowest BCUT2D eigenvalue weighted by Gasteiger charge is -2.06. The predicted molar refractivity (Wildman–Crippen MR) is 93.2 cm³/mol. The molecule has 1 N–H and O–H groups in total. The zero-order chi connectivity index (χ0) is 17.6. The number of amides is 1. The molecule has 1 aromatic heterocycles. The Morgan fingerprint density at radius 3 is 2.76 bits per heavy atom. The number of carbonyl (C=O) groups is 1. The van der Waals surface area contributed by atoms with Crippen LogP contribution in [-0.2, 0) is 11.3 Å². The van der Waals surface area contributed by atoms with Crippen molar-refractivity contribution in [2.45, 2.75) is 13.5 Å². The summed E-state index contributed by atoms with van der Waals surface area (Å²) in [7, 11) is 0. The summed E-state index contributed by atoms with van der Waals surface area (Å²) in [4.78, 5) is 12.4. The van der Waals surface area contributed by atoms with Crippen LogP contribution in [0.15, 0.2) is 60.8 Å². The molecule has 1 amide bonds. The van der Waals surface area contributed by atoms with Crippen molar-refractivity contribution in [1.29, 1.82) is 0 Å². The maximum absolute atomic E-state index is 13.0. The van der Waals surface area contributed by atoms with Gasteiger partial charge in [0.05, 0.1) is 12.3 Å². The van der Waals surface area contributed by atoms with Crippen LogP contribution >= 0.6 is 0 Å². The van der Waals surface area contributed by atoms with Gasteiger partial charge in [0.2, 0.25) is 0 Å². The zero-order valence-corrected chi connectivity index (χ0v) is 13.8. The highest BCUT2D eigenvalue weighted by molar-refractivity contribution is 6.02. The number of benzene rings is 2. The molecule has 2 aromatic carbocycles. The van der Waals surface area contributed by atoms with Crippen molar-refractivity contribution in [1.82, 2.24) is 9.78 Å². The van der Waals surface area contributed by atoms with Gasteiger partial charge in [0.1, 0.15) is 5.82 Å². The van der Waals surface area contributed by atoms with Gasteiger partial charge in [-0.1, -0.05) is 12.1 Å². The highest BCUT2D eigenvalue weighted by atomic mass is 19.1. The minimum Gasteiger partial charge on any atom is -0.377 e. The van der Waals surface area contributed by atoms with Gasteiger partial charge in [-0.05, 0) is 55.0 Å². The lowest BCUT2D eigenvalue weighted by atomic mass is 10.2. The van der Waals surface area contributed by atoms with E-state index in [1.54, 1.807) is 24.4 Å². The summed E-state index contributed by atoms with van der Waals surface area (Å²) < 4.78 is 19.9. The molecule has 0 unspecified atom stereocenters. The van der Waals surface area contributed by atoms with E-state index in [2.05, 4.69) is 10.4 Å². The monoisotopic (exact) mass is 339 g/mol. The van der Waals surface area contributed by atoms with Gasteiger partial charge in [-0.2, -0.15) is 5.10 Å². The molecule has 3 rings (SSSR count). The van der Waals surface area contributed by atoms with Crippen LogP contribution in [0, 0.1) is 5.82 Å². The first-order valence-corrected chi connectivity index (χ1v) is 7.95. The molecule has 6 heteroatoms. The fraction of sp³-hybridized carbons (Fsp3) is 0.158. The molecule has 25 heavy (non-hydrogen) atoms. The summed E-state index contributed by atoms with van der Waals surface area (Å²) in [5.41, 5.74) is 2.62. The molecule has 0 radical (unpaired) electrons. The Bertz CT molecular complexity index is 859. The third kappa shape index (κ3) is 4.30. The highest BCUT2D eigenvalue weighted by Gasteiger charge is 2.11. The standard InChI is InChI=1S/C19H18FN3O2/c1-2-25-13-14-4-3-5-16(12-14)21-19(24)18-10-11-23(22-18)17-8-6-15(20)7-9-17/h3-12H,2,13H2,1H3,(H,21,24). The van der Waals surface area contributed by atoms with Crippen LogP contribution in [-0.4, -0.2) is 22.3 Å². The second kappa shape index (κ2) is 7.72. The smallest absolute Gasteiger partial charge is 0.276 e. The Morgan fingerprint density at radius 1 is 1.20 bits per heavy atom. The molecular formula is C19H18FN3O2. The van der Waals surface area contributed by atoms with Crippen LogP contribution in [0.4, 0.5) is 10.1 Å². The molecule has 128 valence electrons. The maximum atomic E-state index is 13.0. The Hall–Kier alpha value is -2.99. The number of halogens is 1. The Morgan fingerprint density at radius 2 is 2.00 bits per heavy atom. The number of hydrogen-bond donors (Lipinski definition) is 1. The van der Waals surface area contributed by atoms with Crippen molar-refractivity contribution in [3.63, 3.8) is 0 Å². The quantitative estimate of drug-likeness (QED) is 0.743. The summed E-state index contributed by atoms with van der Waals surface area (Å²) in [5, 5.41) is 7.05. The fourth-order valence-corrected chi connectivity index (χ4v) is 2.34. The summed E-state index contributed by atoms with van der Waals surface area (Å²) in [6.45, 7) is 3.07. The molecule has 0 aliphatic rings. The van der Waals surface area contributed by atoms with E-state index in [4.69, 9.17) is 4.74 Å². The third-order valence-electron chi connectivity index (χ3n) is 3.57. The molecule has 0 aliphatic carbocycles. The molecular weight excluding hydrogens is 321 g/mol. The van der Waals surface area contributed by atoms with Crippen molar-refractivity contribution >= 4 is 11.6 Å². The van der Waals surface area contributed by atoms with E-state index in [1.165, 1.54) is 16.8 Å². The molecule has 0 saturated carbocycles. The SMILES string of the molecule is CCOCc1cccc(NC(=O)c2ccn(-c3ccc(F)cc3)n2)c1. The van der Waals surface area contributed by atoms with Crippen molar-refractivity contribution in [2.75, 3.05) is 11.9 Å². The number of hydrogen-bond acceptors (Lipinski definition) is 3. The summed E-state index contributed by atoms with van der Waals surface area (Å²) in [6.07, 6.45) is 1.66. The normalized spacial score (nSPS) is 10.6. The molecule has 0 bridgehead atoms. The number of carbonyl (C=O) groups excluding carboxylic acids is 1. The van der Waals surface area contributed by atoms with Gasteiger partial charge in [0, 0.05) is 18.5 Å². The molecule has 3 aromatic rings. The predicted octanol–water partition coefficient (Wildman–Crippen LogP) is 3.80.